The largest absolute Gasteiger partial charge is 0.370 e. The first-order valence-corrected chi connectivity index (χ1v) is 7.32. The molecule has 0 unspecified atom stereocenters. The van der Waals surface area contributed by atoms with Crippen molar-refractivity contribution in [3.05, 3.63) is 41.2 Å². The molecule has 2 aromatic rings. The second-order valence-corrected chi connectivity index (χ2v) is 5.13. The molecule has 0 aliphatic carbocycles. The number of hydrogen-bond acceptors (Lipinski definition) is 3. The number of anilines is 1. The van der Waals surface area contributed by atoms with Crippen molar-refractivity contribution >= 4 is 5.82 Å². The molecular weight excluding hydrogens is 246 g/mol. The summed E-state index contributed by atoms with van der Waals surface area (Å²) in [6.07, 6.45) is 3.67. The maximum Gasteiger partial charge on any atom is 0.133 e. The van der Waals surface area contributed by atoms with Gasteiger partial charge in [-0.1, -0.05) is 26.0 Å². The lowest BCUT2D eigenvalue weighted by molar-refractivity contribution is 0.949. The van der Waals surface area contributed by atoms with E-state index in [4.69, 9.17) is 0 Å². The van der Waals surface area contributed by atoms with Crippen LogP contribution in [0.1, 0.15) is 37.0 Å². The van der Waals surface area contributed by atoms with Gasteiger partial charge in [0.05, 0.1) is 5.69 Å². The molecule has 0 saturated carbocycles. The van der Waals surface area contributed by atoms with Gasteiger partial charge in [-0.05, 0) is 43.9 Å². The Morgan fingerprint density at radius 3 is 2.50 bits per heavy atom. The predicted molar refractivity (Wildman–Crippen MR) is 85.1 cm³/mol. The molecule has 0 radical (unpaired) electrons. The molecule has 106 valence electrons. The first-order valence-electron chi connectivity index (χ1n) is 7.32. The molecule has 1 aromatic carbocycles. The van der Waals surface area contributed by atoms with Crippen LogP contribution in [0.5, 0.6) is 0 Å². The van der Waals surface area contributed by atoms with E-state index in [-0.39, 0.29) is 0 Å². The predicted octanol–water partition coefficient (Wildman–Crippen LogP) is 4.14. The van der Waals surface area contributed by atoms with Crippen molar-refractivity contribution in [2.75, 3.05) is 11.9 Å². The molecule has 20 heavy (non-hydrogen) atoms. The minimum absolute atomic E-state index is 0.926. The normalized spacial score (nSPS) is 10.6. The van der Waals surface area contributed by atoms with Crippen LogP contribution in [-0.2, 0) is 6.42 Å². The topological polar surface area (TPSA) is 37.8 Å². The maximum absolute atomic E-state index is 4.51. The molecule has 0 atom stereocenters. The number of rotatable bonds is 5. The summed E-state index contributed by atoms with van der Waals surface area (Å²) in [7, 11) is 0. The molecule has 3 heteroatoms. The van der Waals surface area contributed by atoms with Gasteiger partial charge in [0.1, 0.15) is 12.1 Å². The molecule has 0 aliphatic rings. The van der Waals surface area contributed by atoms with Crippen molar-refractivity contribution in [2.24, 2.45) is 0 Å². The highest BCUT2D eigenvalue weighted by molar-refractivity contribution is 5.69. The molecule has 0 saturated heterocycles. The van der Waals surface area contributed by atoms with Gasteiger partial charge in [-0.2, -0.15) is 0 Å². The molecule has 1 heterocycles. The summed E-state index contributed by atoms with van der Waals surface area (Å²) in [4.78, 5) is 8.90. The van der Waals surface area contributed by atoms with Gasteiger partial charge in [-0.3, -0.25) is 0 Å². The van der Waals surface area contributed by atoms with E-state index >= 15 is 0 Å². The molecule has 0 amide bonds. The van der Waals surface area contributed by atoms with Crippen molar-refractivity contribution < 1.29 is 0 Å². The van der Waals surface area contributed by atoms with Crippen LogP contribution in [0.3, 0.4) is 0 Å². The van der Waals surface area contributed by atoms with Crippen LogP contribution in [0.25, 0.3) is 11.3 Å². The third kappa shape index (κ3) is 2.98. The molecule has 3 nitrogen and oxygen atoms in total. The zero-order valence-electron chi connectivity index (χ0n) is 12.8. The van der Waals surface area contributed by atoms with E-state index in [1.54, 1.807) is 6.33 Å². The minimum atomic E-state index is 0.926. The van der Waals surface area contributed by atoms with Gasteiger partial charge >= 0.3 is 0 Å². The van der Waals surface area contributed by atoms with Crippen LogP contribution in [0.2, 0.25) is 0 Å². The van der Waals surface area contributed by atoms with Crippen molar-refractivity contribution in [3.8, 4) is 11.3 Å². The summed E-state index contributed by atoms with van der Waals surface area (Å²) in [5.74, 6) is 0.970. The zero-order valence-corrected chi connectivity index (χ0v) is 12.8. The molecule has 2 rings (SSSR count). The fourth-order valence-electron chi connectivity index (χ4n) is 2.28. The Hall–Kier alpha value is -1.90. The average Bonchev–Trinajstić information content (AvgIpc) is 2.47. The molecule has 1 N–H and O–H groups in total. The average molecular weight is 269 g/mol. The van der Waals surface area contributed by atoms with Crippen LogP contribution in [0.4, 0.5) is 5.82 Å². The first-order chi connectivity index (χ1) is 9.67. The van der Waals surface area contributed by atoms with E-state index < -0.39 is 0 Å². The van der Waals surface area contributed by atoms with E-state index in [1.807, 2.05) is 0 Å². The fraction of sp³-hybridized carbons (Fsp3) is 0.412. The summed E-state index contributed by atoms with van der Waals surface area (Å²) < 4.78 is 0. The highest BCUT2D eigenvalue weighted by Gasteiger charge is 2.11. The standard InChI is InChI=1S/C17H23N3/c1-5-9-18-17-15(6-2)16(19-11-20-17)14-8-7-12(3)13(4)10-14/h7-8,10-11H,5-6,9H2,1-4H3,(H,18,19,20). The Morgan fingerprint density at radius 2 is 1.85 bits per heavy atom. The smallest absolute Gasteiger partial charge is 0.133 e. The molecule has 0 spiro atoms. The van der Waals surface area contributed by atoms with Crippen molar-refractivity contribution in [3.63, 3.8) is 0 Å². The summed E-state index contributed by atoms with van der Waals surface area (Å²) in [6.45, 7) is 9.52. The molecule has 0 aliphatic heterocycles. The van der Waals surface area contributed by atoms with Crippen molar-refractivity contribution in [2.45, 2.75) is 40.5 Å². The Kier molecular flexibility index (Phi) is 4.72. The molecule has 0 bridgehead atoms. The van der Waals surface area contributed by atoms with Gasteiger partial charge in [-0.25, -0.2) is 9.97 Å². The first kappa shape index (κ1) is 14.5. The van der Waals surface area contributed by atoms with Crippen LogP contribution < -0.4 is 5.32 Å². The van der Waals surface area contributed by atoms with Gasteiger partial charge in [-0.15, -0.1) is 0 Å². The Bertz CT molecular complexity index is 591. The van der Waals surface area contributed by atoms with Crippen LogP contribution in [0.15, 0.2) is 24.5 Å². The van der Waals surface area contributed by atoms with E-state index in [9.17, 15) is 0 Å². The monoisotopic (exact) mass is 269 g/mol. The number of aromatic nitrogens is 2. The highest BCUT2D eigenvalue weighted by atomic mass is 15.0. The number of nitrogens with one attached hydrogen (secondary N) is 1. The third-order valence-electron chi connectivity index (χ3n) is 3.62. The number of aryl methyl sites for hydroxylation is 2. The summed E-state index contributed by atoms with van der Waals surface area (Å²) in [6, 6.07) is 6.51. The number of nitrogens with zero attached hydrogens (tertiary/aromatic N) is 2. The molecule has 0 fully saturated rings. The summed E-state index contributed by atoms with van der Waals surface area (Å²) in [5, 5.41) is 3.40. The minimum Gasteiger partial charge on any atom is -0.370 e. The lowest BCUT2D eigenvalue weighted by Crippen LogP contribution is -2.07. The van der Waals surface area contributed by atoms with Gasteiger partial charge in [0.25, 0.3) is 0 Å². The van der Waals surface area contributed by atoms with Crippen LogP contribution >= 0.6 is 0 Å². The second kappa shape index (κ2) is 6.51. The highest BCUT2D eigenvalue weighted by Crippen LogP contribution is 2.27. The number of hydrogen-bond donors (Lipinski definition) is 1. The Labute approximate surface area is 121 Å². The number of benzene rings is 1. The SMILES string of the molecule is CCCNc1ncnc(-c2ccc(C)c(C)c2)c1CC. The van der Waals surface area contributed by atoms with Gasteiger partial charge in [0.2, 0.25) is 0 Å². The Balaban J connectivity index is 2.47. The van der Waals surface area contributed by atoms with Gasteiger partial charge in [0.15, 0.2) is 0 Å². The molecular formula is C17H23N3. The van der Waals surface area contributed by atoms with E-state index in [0.717, 1.165) is 30.9 Å². The lowest BCUT2D eigenvalue weighted by Gasteiger charge is -2.13. The van der Waals surface area contributed by atoms with Gasteiger partial charge in [0, 0.05) is 17.7 Å². The molecule has 1 aromatic heterocycles. The van der Waals surface area contributed by atoms with E-state index in [1.165, 1.54) is 22.3 Å². The lowest BCUT2D eigenvalue weighted by atomic mass is 10.00. The quantitative estimate of drug-likeness (QED) is 0.886. The van der Waals surface area contributed by atoms with Crippen LogP contribution in [0, 0.1) is 13.8 Å². The zero-order chi connectivity index (χ0) is 14.5. The van der Waals surface area contributed by atoms with Crippen molar-refractivity contribution in [1.82, 2.24) is 9.97 Å². The third-order valence-corrected chi connectivity index (χ3v) is 3.62. The summed E-state index contributed by atoms with van der Waals surface area (Å²) in [5.41, 5.74) is 6.02. The van der Waals surface area contributed by atoms with Gasteiger partial charge < -0.3 is 5.32 Å². The van der Waals surface area contributed by atoms with Crippen molar-refractivity contribution in [1.29, 1.82) is 0 Å². The maximum atomic E-state index is 4.51. The second-order valence-electron chi connectivity index (χ2n) is 5.13. The van der Waals surface area contributed by atoms with Crippen LogP contribution in [-0.4, -0.2) is 16.5 Å². The van der Waals surface area contributed by atoms with E-state index in [2.05, 4.69) is 61.2 Å². The summed E-state index contributed by atoms with van der Waals surface area (Å²) >= 11 is 0. The fourth-order valence-corrected chi connectivity index (χ4v) is 2.28. The Morgan fingerprint density at radius 1 is 1.05 bits per heavy atom. The van der Waals surface area contributed by atoms with E-state index in [0.29, 0.717) is 0 Å².